The number of esters is 1. The molecular formula is C12H15N3O4. The van der Waals surface area contributed by atoms with Gasteiger partial charge in [-0.05, 0) is 24.6 Å². The number of hydrogen-bond acceptors (Lipinski definition) is 5. The molecule has 2 amide bonds. The molecule has 19 heavy (non-hydrogen) atoms. The summed E-state index contributed by atoms with van der Waals surface area (Å²) >= 11 is 0. The predicted molar refractivity (Wildman–Crippen MR) is 69.6 cm³/mol. The average molecular weight is 265 g/mol. The van der Waals surface area contributed by atoms with Gasteiger partial charge in [-0.15, -0.1) is 0 Å². The molecule has 0 heterocycles. The highest BCUT2D eigenvalue weighted by atomic mass is 16.5. The van der Waals surface area contributed by atoms with Crippen LogP contribution in [-0.4, -0.2) is 25.2 Å². The van der Waals surface area contributed by atoms with Crippen molar-refractivity contribution in [2.24, 2.45) is 5.18 Å². The normalized spacial score (nSPS) is 11.3. The molecule has 0 aliphatic rings. The molecule has 7 heteroatoms. The largest absolute Gasteiger partial charge is 0.467 e. The van der Waals surface area contributed by atoms with Crippen molar-refractivity contribution in [3.63, 3.8) is 0 Å². The van der Waals surface area contributed by atoms with Crippen LogP contribution in [0.5, 0.6) is 0 Å². The first kappa shape index (κ1) is 14.6. The summed E-state index contributed by atoms with van der Waals surface area (Å²) in [7, 11) is 1.25. The number of nitrogens with zero attached hydrogens (tertiary/aromatic N) is 1. The van der Waals surface area contributed by atoms with E-state index < -0.39 is 18.0 Å². The second-order valence-corrected chi connectivity index (χ2v) is 3.83. The second kappa shape index (κ2) is 7.10. The van der Waals surface area contributed by atoms with Gasteiger partial charge in [-0.3, -0.25) is 0 Å². The van der Waals surface area contributed by atoms with E-state index in [1.54, 1.807) is 24.3 Å². The summed E-state index contributed by atoms with van der Waals surface area (Å²) in [5, 5.41) is 7.74. The van der Waals surface area contributed by atoms with Gasteiger partial charge in [-0.25, -0.2) is 9.59 Å². The minimum atomic E-state index is -0.733. The zero-order valence-electron chi connectivity index (χ0n) is 10.7. The average Bonchev–Trinajstić information content (AvgIpc) is 2.40. The number of anilines is 1. The molecule has 0 radical (unpaired) electrons. The Hall–Kier alpha value is -2.44. The third-order valence-corrected chi connectivity index (χ3v) is 2.36. The number of carbonyl (C=O) groups excluding carboxylic acids is 2. The lowest BCUT2D eigenvalue weighted by Crippen LogP contribution is -2.41. The molecule has 1 unspecified atom stereocenters. The van der Waals surface area contributed by atoms with E-state index in [9.17, 15) is 14.5 Å². The van der Waals surface area contributed by atoms with Gasteiger partial charge in [0.2, 0.25) is 0 Å². The highest BCUT2D eigenvalue weighted by Crippen LogP contribution is 2.10. The lowest BCUT2D eigenvalue weighted by atomic mass is 10.2. The van der Waals surface area contributed by atoms with Crippen LogP contribution in [0.1, 0.15) is 12.5 Å². The van der Waals surface area contributed by atoms with Crippen molar-refractivity contribution in [3.05, 3.63) is 34.7 Å². The van der Waals surface area contributed by atoms with E-state index >= 15 is 0 Å². The van der Waals surface area contributed by atoms with Crippen LogP contribution in [0.15, 0.2) is 29.4 Å². The number of amides is 2. The first-order valence-corrected chi connectivity index (χ1v) is 5.60. The molecule has 0 aliphatic heterocycles. The quantitative estimate of drug-likeness (QED) is 0.624. The van der Waals surface area contributed by atoms with E-state index in [1.807, 2.05) is 0 Å². The van der Waals surface area contributed by atoms with Gasteiger partial charge in [0.15, 0.2) is 0 Å². The Labute approximate surface area is 110 Å². The number of benzene rings is 1. The van der Waals surface area contributed by atoms with Crippen molar-refractivity contribution >= 4 is 17.7 Å². The van der Waals surface area contributed by atoms with Gasteiger partial charge in [0.25, 0.3) is 0 Å². The number of nitroso groups, excluding NO2 is 1. The van der Waals surface area contributed by atoms with Gasteiger partial charge < -0.3 is 15.4 Å². The summed E-state index contributed by atoms with van der Waals surface area (Å²) in [6.07, 6.45) is 0. The standard InChI is InChI=1S/C12H15N3O4/c1-8(11(16)19-2)14-12(17)15-10-5-3-9(4-6-10)7-13-18/h3-6,8H,7H2,1-2H3,(H2,14,15,17). The Morgan fingerprint density at radius 3 is 2.47 bits per heavy atom. The van der Waals surface area contributed by atoms with Crippen molar-refractivity contribution < 1.29 is 14.3 Å². The molecule has 7 nitrogen and oxygen atoms in total. The van der Waals surface area contributed by atoms with Crippen LogP contribution in [0.25, 0.3) is 0 Å². The maximum absolute atomic E-state index is 11.6. The Morgan fingerprint density at radius 1 is 1.32 bits per heavy atom. The van der Waals surface area contributed by atoms with Crippen LogP contribution in [0.4, 0.5) is 10.5 Å². The maximum atomic E-state index is 11.6. The Balaban J connectivity index is 2.52. The van der Waals surface area contributed by atoms with Crippen LogP contribution in [0.3, 0.4) is 0 Å². The zero-order chi connectivity index (χ0) is 14.3. The highest BCUT2D eigenvalue weighted by molar-refractivity contribution is 5.92. The molecular weight excluding hydrogens is 250 g/mol. The van der Waals surface area contributed by atoms with E-state index in [4.69, 9.17) is 0 Å². The maximum Gasteiger partial charge on any atom is 0.328 e. The molecule has 1 atom stereocenters. The van der Waals surface area contributed by atoms with E-state index in [2.05, 4.69) is 20.5 Å². The summed E-state index contributed by atoms with van der Waals surface area (Å²) in [6.45, 7) is 1.61. The Kier molecular flexibility index (Phi) is 5.46. The molecule has 1 rings (SSSR count). The van der Waals surface area contributed by atoms with Gasteiger partial charge in [-0.2, -0.15) is 4.91 Å². The number of ether oxygens (including phenoxy) is 1. The minimum absolute atomic E-state index is 0.0891. The van der Waals surface area contributed by atoms with Crippen LogP contribution < -0.4 is 10.6 Å². The fourth-order valence-corrected chi connectivity index (χ4v) is 1.37. The van der Waals surface area contributed by atoms with E-state index in [-0.39, 0.29) is 6.54 Å². The van der Waals surface area contributed by atoms with E-state index in [0.29, 0.717) is 5.69 Å². The number of hydrogen-bond donors (Lipinski definition) is 2. The molecule has 0 bridgehead atoms. The molecule has 0 aliphatic carbocycles. The van der Waals surface area contributed by atoms with E-state index in [1.165, 1.54) is 14.0 Å². The summed E-state index contributed by atoms with van der Waals surface area (Å²) < 4.78 is 4.48. The van der Waals surface area contributed by atoms with Gasteiger partial charge in [0, 0.05) is 5.69 Å². The lowest BCUT2D eigenvalue weighted by Gasteiger charge is -2.12. The van der Waals surface area contributed by atoms with Gasteiger partial charge in [0.05, 0.1) is 7.11 Å². The van der Waals surface area contributed by atoms with Crippen molar-refractivity contribution in [2.75, 3.05) is 12.4 Å². The predicted octanol–water partition coefficient (Wildman–Crippen LogP) is 1.64. The first-order valence-electron chi connectivity index (χ1n) is 5.60. The number of methoxy groups -OCH3 is 1. The number of rotatable bonds is 5. The van der Waals surface area contributed by atoms with E-state index in [0.717, 1.165) is 5.56 Å². The third kappa shape index (κ3) is 4.74. The molecule has 0 saturated heterocycles. The molecule has 0 aromatic heterocycles. The SMILES string of the molecule is COC(=O)C(C)NC(=O)Nc1ccc(CN=O)cc1. The van der Waals surface area contributed by atoms with Gasteiger partial charge in [-0.1, -0.05) is 17.3 Å². The number of nitrogens with one attached hydrogen (secondary N) is 2. The van der Waals surface area contributed by atoms with Crippen molar-refractivity contribution in [1.82, 2.24) is 5.32 Å². The van der Waals surface area contributed by atoms with Crippen molar-refractivity contribution in [1.29, 1.82) is 0 Å². The van der Waals surface area contributed by atoms with Crippen molar-refractivity contribution in [3.8, 4) is 0 Å². The van der Waals surface area contributed by atoms with Crippen LogP contribution >= 0.6 is 0 Å². The van der Waals surface area contributed by atoms with Crippen molar-refractivity contribution in [2.45, 2.75) is 19.5 Å². The molecule has 0 saturated carbocycles. The molecule has 0 spiro atoms. The zero-order valence-corrected chi connectivity index (χ0v) is 10.7. The fraction of sp³-hybridized carbons (Fsp3) is 0.333. The van der Waals surface area contributed by atoms with Crippen LogP contribution in [0.2, 0.25) is 0 Å². The minimum Gasteiger partial charge on any atom is -0.467 e. The summed E-state index contributed by atoms with van der Waals surface area (Å²) in [4.78, 5) is 32.7. The highest BCUT2D eigenvalue weighted by Gasteiger charge is 2.15. The topological polar surface area (TPSA) is 96.9 Å². The third-order valence-electron chi connectivity index (χ3n) is 2.36. The number of carbonyl (C=O) groups is 2. The van der Waals surface area contributed by atoms with Gasteiger partial charge in [0.1, 0.15) is 12.6 Å². The fourth-order valence-electron chi connectivity index (χ4n) is 1.37. The first-order chi connectivity index (χ1) is 9.06. The summed E-state index contributed by atoms with van der Waals surface area (Å²) in [6, 6.07) is 5.40. The molecule has 1 aromatic carbocycles. The molecule has 102 valence electrons. The molecule has 0 fully saturated rings. The lowest BCUT2D eigenvalue weighted by molar-refractivity contribution is -0.142. The Morgan fingerprint density at radius 2 is 1.95 bits per heavy atom. The summed E-state index contributed by atoms with van der Waals surface area (Å²) in [5.41, 5.74) is 1.30. The Bertz CT molecular complexity index is 459. The molecule has 1 aromatic rings. The van der Waals surface area contributed by atoms with Crippen LogP contribution in [0, 0.1) is 4.91 Å². The smallest absolute Gasteiger partial charge is 0.328 e. The monoisotopic (exact) mass is 265 g/mol. The van der Waals surface area contributed by atoms with Crippen LogP contribution in [-0.2, 0) is 16.1 Å². The van der Waals surface area contributed by atoms with Gasteiger partial charge >= 0.3 is 12.0 Å². The second-order valence-electron chi connectivity index (χ2n) is 3.83. The number of urea groups is 1. The summed E-state index contributed by atoms with van der Waals surface area (Å²) in [5.74, 6) is -0.525. The molecule has 2 N–H and O–H groups in total.